The Labute approximate surface area is 191 Å². The molecule has 0 N–H and O–H groups in total. The number of aromatic nitrogens is 4. The fourth-order valence-corrected chi connectivity index (χ4v) is 4.60. The molecule has 3 heterocycles. The number of methoxy groups -OCH3 is 1. The summed E-state index contributed by atoms with van der Waals surface area (Å²) in [4.78, 5) is 33.7. The van der Waals surface area contributed by atoms with E-state index in [1.54, 1.807) is 14.2 Å². The normalized spacial score (nSPS) is 15.6. The van der Waals surface area contributed by atoms with Crippen LogP contribution in [0.3, 0.4) is 0 Å². The highest BCUT2D eigenvalue weighted by atomic mass is 16.5. The molecule has 1 unspecified atom stereocenters. The Kier molecular flexibility index (Phi) is 5.08. The zero-order valence-electron chi connectivity index (χ0n) is 19.3. The van der Waals surface area contributed by atoms with Gasteiger partial charge in [0, 0.05) is 31.9 Å². The Morgan fingerprint density at radius 1 is 1.09 bits per heavy atom. The molecule has 0 saturated heterocycles. The summed E-state index contributed by atoms with van der Waals surface area (Å²) in [6.45, 7) is 5.77. The molecule has 33 heavy (non-hydrogen) atoms. The van der Waals surface area contributed by atoms with Crippen LogP contribution < -0.4 is 20.9 Å². The lowest BCUT2D eigenvalue weighted by molar-refractivity contribution is 0.414. The van der Waals surface area contributed by atoms with Crippen molar-refractivity contribution in [1.82, 2.24) is 18.7 Å². The maximum atomic E-state index is 13.7. The quantitative estimate of drug-likeness (QED) is 0.483. The summed E-state index contributed by atoms with van der Waals surface area (Å²) in [5.41, 5.74) is 3.10. The predicted molar refractivity (Wildman–Crippen MR) is 129 cm³/mol. The van der Waals surface area contributed by atoms with E-state index in [0.29, 0.717) is 23.7 Å². The summed E-state index contributed by atoms with van der Waals surface area (Å²) >= 11 is 0. The summed E-state index contributed by atoms with van der Waals surface area (Å²) in [5.74, 6) is 1.70. The molecular formula is C25H27N5O3. The number of hydrogen-bond acceptors (Lipinski definition) is 5. The molecule has 0 fully saturated rings. The molecule has 170 valence electrons. The van der Waals surface area contributed by atoms with Gasteiger partial charge in [-0.25, -0.2) is 4.79 Å². The molecule has 0 saturated carbocycles. The number of benzene rings is 2. The van der Waals surface area contributed by atoms with Gasteiger partial charge in [-0.05, 0) is 36.1 Å². The topological polar surface area (TPSA) is 74.3 Å². The second kappa shape index (κ2) is 7.95. The average molecular weight is 446 g/mol. The van der Waals surface area contributed by atoms with Crippen LogP contribution in [-0.2, 0) is 20.1 Å². The first kappa shape index (κ1) is 21.1. The lowest BCUT2D eigenvalue weighted by Gasteiger charge is -2.33. The lowest BCUT2D eigenvalue weighted by Crippen LogP contribution is -2.40. The minimum atomic E-state index is -0.368. The highest BCUT2D eigenvalue weighted by Gasteiger charge is 2.30. The van der Waals surface area contributed by atoms with Crippen molar-refractivity contribution in [2.45, 2.75) is 26.9 Å². The third kappa shape index (κ3) is 3.42. The minimum Gasteiger partial charge on any atom is -0.497 e. The molecular weight excluding hydrogens is 418 g/mol. The van der Waals surface area contributed by atoms with Crippen molar-refractivity contribution >= 4 is 22.8 Å². The van der Waals surface area contributed by atoms with E-state index < -0.39 is 0 Å². The zero-order valence-corrected chi connectivity index (χ0v) is 19.3. The molecule has 8 heteroatoms. The van der Waals surface area contributed by atoms with Gasteiger partial charge in [0.25, 0.3) is 5.56 Å². The molecule has 0 amide bonds. The molecule has 2 aromatic carbocycles. The number of aryl methyl sites for hydroxylation is 2. The Morgan fingerprint density at radius 2 is 1.88 bits per heavy atom. The molecule has 0 aliphatic carbocycles. The van der Waals surface area contributed by atoms with Gasteiger partial charge < -0.3 is 14.2 Å². The van der Waals surface area contributed by atoms with Crippen molar-refractivity contribution in [1.29, 1.82) is 0 Å². The second-order valence-corrected chi connectivity index (χ2v) is 8.77. The van der Waals surface area contributed by atoms with Crippen molar-refractivity contribution in [3.8, 4) is 5.75 Å². The molecule has 1 aliphatic rings. The standard InChI is InChI=1S/C25H27N5O3/c1-16-13-28(19-10-7-11-20(12-19)33-4)24-26-22-21(29(24)14-16)23(31)30(25(32)27(22)3)15-18-9-6-5-8-17(18)2/h5-12,16H,13-15H2,1-4H3. The largest absolute Gasteiger partial charge is 0.497 e. The van der Waals surface area contributed by atoms with Crippen LogP contribution in [0.1, 0.15) is 18.1 Å². The van der Waals surface area contributed by atoms with E-state index in [0.717, 1.165) is 29.1 Å². The van der Waals surface area contributed by atoms with Crippen LogP contribution in [0.25, 0.3) is 11.2 Å². The number of nitrogens with zero attached hydrogens (tertiary/aromatic N) is 5. The molecule has 1 aliphatic heterocycles. The monoisotopic (exact) mass is 445 g/mol. The van der Waals surface area contributed by atoms with Crippen LogP contribution in [0.15, 0.2) is 58.1 Å². The fraction of sp³-hybridized carbons (Fsp3) is 0.320. The molecule has 2 aromatic heterocycles. The van der Waals surface area contributed by atoms with Crippen LogP contribution in [0, 0.1) is 12.8 Å². The van der Waals surface area contributed by atoms with E-state index in [4.69, 9.17) is 9.72 Å². The van der Waals surface area contributed by atoms with Crippen molar-refractivity contribution in [3.05, 3.63) is 80.5 Å². The van der Waals surface area contributed by atoms with E-state index in [-0.39, 0.29) is 23.7 Å². The van der Waals surface area contributed by atoms with Gasteiger partial charge in [-0.1, -0.05) is 37.3 Å². The predicted octanol–water partition coefficient (Wildman–Crippen LogP) is 3.05. The second-order valence-electron chi connectivity index (χ2n) is 8.77. The summed E-state index contributed by atoms with van der Waals surface area (Å²) in [6.07, 6.45) is 0. The summed E-state index contributed by atoms with van der Waals surface area (Å²) in [7, 11) is 3.32. The van der Waals surface area contributed by atoms with Gasteiger partial charge in [0.15, 0.2) is 11.2 Å². The van der Waals surface area contributed by atoms with E-state index >= 15 is 0 Å². The van der Waals surface area contributed by atoms with Crippen molar-refractivity contribution in [2.24, 2.45) is 13.0 Å². The smallest absolute Gasteiger partial charge is 0.332 e. The third-order valence-corrected chi connectivity index (χ3v) is 6.40. The van der Waals surface area contributed by atoms with Gasteiger partial charge in [-0.2, -0.15) is 4.98 Å². The highest BCUT2D eigenvalue weighted by Crippen LogP contribution is 2.34. The molecule has 0 radical (unpaired) electrons. The van der Waals surface area contributed by atoms with Crippen molar-refractivity contribution < 1.29 is 4.74 Å². The Balaban J connectivity index is 1.72. The number of hydrogen-bond donors (Lipinski definition) is 0. The number of ether oxygens (including phenoxy) is 1. The van der Waals surface area contributed by atoms with E-state index in [1.807, 2.05) is 60.0 Å². The van der Waals surface area contributed by atoms with Crippen molar-refractivity contribution in [2.75, 3.05) is 18.6 Å². The zero-order chi connectivity index (χ0) is 23.3. The molecule has 8 nitrogen and oxygen atoms in total. The Bertz CT molecular complexity index is 1480. The summed E-state index contributed by atoms with van der Waals surface area (Å²) in [6, 6.07) is 15.6. The molecule has 0 spiro atoms. The van der Waals surface area contributed by atoms with Crippen molar-refractivity contribution in [3.63, 3.8) is 0 Å². The number of fused-ring (bicyclic) bond motifs is 3. The van der Waals surface area contributed by atoms with Gasteiger partial charge in [-0.3, -0.25) is 13.9 Å². The van der Waals surface area contributed by atoms with Gasteiger partial charge in [0.2, 0.25) is 5.95 Å². The van der Waals surface area contributed by atoms with E-state index in [9.17, 15) is 9.59 Å². The summed E-state index contributed by atoms with van der Waals surface area (Å²) in [5, 5.41) is 0. The Morgan fingerprint density at radius 3 is 2.64 bits per heavy atom. The average Bonchev–Trinajstić information content (AvgIpc) is 3.20. The third-order valence-electron chi connectivity index (χ3n) is 6.40. The van der Waals surface area contributed by atoms with Gasteiger partial charge in [0.05, 0.1) is 13.7 Å². The number of rotatable bonds is 4. The van der Waals surface area contributed by atoms with Gasteiger partial charge in [-0.15, -0.1) is 0 Å². The first-order chi connectivity index (χ1) is 15.9. The SMILES string of the molecule is COc1cccc(N2CC(C)Cn3c2nc2c3c(=O)n(Cc3ccccc3C)c(=O)n2C)c1. The van der Waals surface area contributed by atoms with Crippen LogP contribution in [0.4, 0.5) is 11.6 Å². The van der Waals surface area contributed by atoms with Crippen LogP contribution in [0.2, 0.25) is 0 Å². The summed E-state index contributed by atoms with van der Waals surface area (Å²) < 4.78 is 10.2. The maximum Gasteiger partial charge on any atom is 0.332 e. The Hall–Kier alpha value is -3.81. The minimum absolute atomic E-state index is 0.226. The van der Waals surface area contributed by atoms with Crippen LogP contribution in [-0.4, -0.2) is 32.3 Å². The molecule has 0 bridgehead atoms. The maximum absolute atomic E-state index is 13.7. The first-order valence-electron chi connectivity index (χ1n) is 11.0. The van der Waals surface area contributed by atoms with Gasteiger partial charge in [0.1, 0.15) is 5.75 Å². The molecule has 4 aromatic rings. The molecule has 5 rings (SSSR count). The number of anilines is 2. The molecule has 1 atom stereocenters. The first-order valence-corrected chi connectivity index (χ1v) is 11.0. The number of imidazole rings is 1. The lowest BCUT2D eigenvalue weighted by atomic mass is 10.1. The van der Waals surface area contributed by atoms with E-state index in [2.05, 4.69) is 11.8 Å². The highest BCUT2D eigenvalue weighted by molar-refractivity contribution is 5.77. The van der Waals surface area contributed by atoms with Crippen LogP contribution in [0.5, 0.6) is 5.75 Å². The van der Waals surface area contributed by atoms with Crippen LogP contribution >= 0.6 is 0 Å². The van der Waals surface area contributed by atoms with E-state index in [1.165, 1.54) is 9.13 Å². The van der Waals surface area contributed by atoms with Gasteiger partial charge >= 0.3 is 5.69 Å². The fourth-order valence-electron chi connectivity index (χ4n) is 4.60.